The molecule has 0 fully saturated rings. The minimum absolute atomic E-state index is 0.259. The van der Waals surface area contributed by atoms with Gasteiger partial charge in [-0.3, -0.25) is 4.79 Å². The molecule has 4 heteroatoms. The summed E-state index contributed by atoms with van der Waals surface area (Å²) in [6, 6.07) is 4.66. The molecule has 0 aliphatic rings. The summed E-state index contributed by atoms with van der Waals surface area (Å²) in [5, 5.41) is 8.81. The van der Waals surface area contributed by atoms with Crippen LogP contribution in [0.2, 0.25) is 0 Å². The molecule has 17 heavy (non-hydrogen) atoms. The highest BCUT2D eigenvalue weighted by Crippen LogP contribution is 2.13. The molecule has 1 aromatic carbocycles. The number of benzene rings is 1. The van der Waals surface area contributed by atoms with Crippen LogP contribution in [-0.4, -0.2) is 29.6 Å². The molecule has 0 amide bonds. The van der Waals surface area contributed by atoms with Gasteiger partial charge in [-0.1, -0.05) is 13.0 Å². The lowest BCUT2D eigenvalue weighted by atomic mass is 10.1. The van der Waals surface area contributed by atoms with Gasteiger partial charge in [0, 0.05) is 13.1 Å². The van der Waals surface area contributed by atoms with Gasteiger partial charge in [-0.2, -0.15) is 0 Å². The molecule has 0 spiro atoms. The first-order valence-electron chi connectivity index (χ1n) is 5.56. The van der Waals surface area contributed by atoms with E-state index in [-0.39, 0.29) is 5.82 Å². The Hall–Kier alpha value is -1.42. The normalized spacial score (nSPS) is 12.8. The van der Waals surface area contributed by atoms with Crippen LogP contribution in [0.15, 0.2) is 18.2 Å². The Morgan fingerprint density at radius 3 is 2.76 bits per heavy atom. The van der Waals surface area contributed by atoms with Gasteiger partial charge in [0.05, 0.1) is 5.92 Å². The van der Waals surface area contributed by atoms with Gasteiger partial charge in [0.25, 0.3) is 0 Å². The molecule has 0 aliphatic heterocycles. The molecule has 0 saturated carbocycles. The molecule has 1 N–H and O–H groups in total. The quantitative estimate of drug-likeness (QED) is 0.857. The van der Waals surface area contributed by atoms with Crippen LogP contribution in [0.1, 0.15) is 18.1 Å². The number of aliphatic carboxylic acids is 1. The second kappa shape index (κ2) is 5.77. The minimum Gasteiger partial charge on any atom is -0.481 e. The third-order valence-corrected chi connectivity index (χ3v) is 2.76. The fraction of sp³-hybridized carbons (Fsp3) is 0.462. The molecule has 0 aliphatic carbocycles. The summed E-state index contributed by atoms with van der Waals surface area (Å²) in [6.45, 7) is 4.59. The van der Waals surface area contributed by atoms with Crippen molar-refractivity contribution in [3.8, 4) is 0 Å². The fourth-order valence-corrected chi connectivity index (χ4v) is 1.71. The first-order valence-corrected chi connectivity index (χ1v) is 5.56. The van der Waals surface area contributed by atoms with E-state index in [1.54, 1.807) is 13.0 Å². The predicted octanol–water partition coefficient (Wildman–Crippen LogP) is 2.29. The molecule has 1 unspecified atom stereocenters. The largest absolute Gasteiger partial charge is 0.481 e. The molecule has 0 saturated heterocycles. The summed E-state index contributed by atoms with van der Waals surface area (Å²) in [5.41, 5.74) is 1.91. The van der Waals surface area contributed by atoms with Gasteiger partial charge in [0.2, 0.25) is 0 Å². The lowest BCUT2D eigenvalue weighted by Gasteiger charge is -2.20. The third-order valence-electron chi connectivity index (χ3n) is 2.76. The molecule has 0 heterocycles. The summed E-state index contributed by atoms with van der Waals surface area (Å²) in [6.07, 6.45) is 0. The van der Waals surface area contributed by atoms with E-state index in [2.05, 4.69) is 0 Å². The van der Waals surface area contributed by atoms with Gasteiger partial charge in [0.15, 0.2) is 0 Å². The monoisotopic (exact) mass is 239 g/mol. The van der Waals surface area contributed by atoms with Crippen LogP contribution in [0.5, 0.6) is 0 Å². The molecule has 1 rings (SSSR count). The van der Waals surface area contributed by atoms with Crippen molar-refractivity contribution in [2.75, 3.05) is 13.6 Å². The van der Waals surface area contributed by atoms with Crippen molar-refractivity contribution >= 4 is 5.97 Å². The van der Waals surface area contributed by atoms with Crippen LogP contribution in [0, 0.1) is 18.7 Å². The van der Waals surface area contributed by atoms with E-state index in [0.717, 1.165) is 11.1 Å². The number of aryl methyl sites for hydroxylation is 1. The van der Waals surface area contributed by atoms with Crippen molar-refractivity contribution in [3.05, 3.63) is 35.1 Å². The molecule has 0 radical (unpaired) electrons. The van der Waals surface area contributed by atoms with Crippen LogP contribution < -0.4 is 0 Å². The van der Waals surface area contributed by atoms with E-state index in [1.165, 1.54) is 12.1 Å². The summed E-state index contributed by atoms with van der Waals surface area (Å²) < 4.78 is 13.1. The van der Waals surface area contributed by atoms with E-state index in [1.807, 2.05) is 18.9 Å². The first kappa shape index (κ1) is 13.6. The number of hydrogen-bond donors (Lipinski definition) is 1. The Kier molecular flexibility index (Phi) is 4.63. The molecular formula is C13H18FNO2. The third kappa shape index (κ3) is 4.15. The average molecular weight is 239 g/mol. The Labute approximate surface area is 101 Å². The fourth-order valence-electron chi connectivity index (χ4n) is 1.71. The number of carboxylic acid groups (broad SMARTS) is 1. The van der Waals surface area contributed by atoms with E-state index in [0.29, 0.717) is 13.1 Å². The number of halogens is 1. The number of rotatable bonds is 5. The van der Waals surface area contributed by atoms with Gasteiger partial charge >= 0.3 is 5.97 Å². The van der Waals surface area contributed by atoms with Crippen molar-refractivity contribution in [1.82, 2.24) is 4.90 Å². The first-order chi connectivity index (χ1) is 7.90. The van der Waals surface area contributed by atoms with Gasteiger partial charge in [0.1, 0.15) is 5.82 Å². The molecule has 0 aromatic heterocycles. The van der Waals surface area contributed by atoms with E-state index >= 15 is 0 Å². The second-order valence-corrected chi connectivity index (χ2v) is 4.51. The SMILES string of the molecule is Cc1ccc(F)cc1CN(C)CC(C)C(=O)O. The Bertz CT molecular complexity index is 406. The van der Waals surface area contributed by atoms with Crippen molar-refractivity contribution in [2.45, 2.75) is 20.4 Å². The molecule has 0 bridgehead atoms. The highest BCUT2D eigenvalue weighted by Gasteiger charge is 2.14. The summed E-state index contributed by atoms with van der Waals surface area (Å²) in [4.78, 5) is 12.6. The molecule has 94 valence electrons. The standard InChI is InChI=1S/C13H18FNO2/c1-9-4-5-12(14)6-11(9)8-15(3)7-10(2)13(16)17/h4-6,10H,7-8H2,1-3H3,(H,16,17). The maximum Gasteiger partial charge on any atom is 0.307 e. The van der Waals surface area contributed by atoms with Crippen LogP contribution in [0.3, 0.4) is 0 Å². The topological polar surface area (TPSA) is 40.5 Å². The number of nitrogens with zero attached hydrogens (tertiary/aromatic N) is 1. The predicted molar refractivity (Wildman–Crippen MR) is 64.3 cm³/mol. The molecule has 1 atom stereocenters. The zero-order valence-electron chi connectivity index (χ0n) is 10.4. The van der Waals surface area contributed by atoms with Crippen LogP contribution in [0.25, 0.3) is 0 Å². The Morgan fingerprint density at radius 1 is 1.53 bits per heavy atom. The number of carboxylic acids is 1. The maximum atomic E-state index is 13.1. The average Bonchev–Trinajstić information content (AvgIpc) is 2.23. The molecule has 3 nitrogen and oxygen atoms in total. The molecule has 1 aromatic rings. The van der Waals surface area contributed by atoms with Crippen LogP contribution in [-0.2, 0) is 11.3 Å². The molecular weight excluding hydrogens is 221 g/mol. The van der Waals surface area contributed by atoms with E-state index in [9.17, 15) is 9.18 Å². The van der Waals surface area contributed by atoms with Crippen molar-refractivity contribution in [3.63, 3.8) is 0 Å². The van der Waals surface area contributed by atoms with Gasteiger partial charge in [-0.15, -0.1) is 0 Å². The number of hydrogen-bond acceptors (Lipinski definition) is 2. The highest BCUT2D eigenvalue weighted by molar-refractivity contribution is 5.69. The maximum absolute atomic E-state index is 13.1. The van der Waals surface area contributed by atoms with Crippen LogP contribution in [0.4, 0.5) is 4.39 Å². The van der Waals surface area contributed by atoms with Crippen LogP contribution >= 0.6 is 0 Å². The Morgan fingerprint density at radius 2 is 2.18 bits per heavy atom. The second-order valence-electron chi connectivity index (χ2n) is 4.51. The summed E-state index contributed by atoms with van der Waals surface area (Å²) in [5.74, 6) is -1.49. The zero-order chi connectivity index (χ0) is 13.0. The minimum atomic E-state index is -0.812. The lowest BCUT2D eigenvalue weighted by molar-refractivity contribution is -0.141. The van der Waals surface area contributed by atoms with Gasteiger partial charge < -0.3 is 10.0 Å². The van der Waals surface area contributed by atoms with Gasteiger partial charge in [-0.25, -0.2) is 4.39 Å². The number of carbonyl (C=O) groups is 1. The van der Waals surface area contributed by atoms with Crippen molar-refractivity contribution in [1.29, 1.82) is 0 Å². The van der Waals surface area contributed by atoms with E-state index < -0.39 is 11.9 Å². The Balaban J connectivity index is 2.64. The lowest BCUT2D eigenvalue weighted by Crippen LogP contribution is -2.28. The van der Waals surface area contributed by atoms with E-state index in [4.69, 9.17) is 5.11 Å². The van der Waals surface area contributed by atoms with Crippen molar-refractivity contribution in [2.24, 2.45) is 5.92 Å². The zero-order valence-corrected chi connectivity index (χ0v) is 10.4. The van der Waals surface area contributed by atoms with Gasteiger partial charge in [-0.05, 0) is 37.2 Å². The smallest absolute Gasteiger partial charge is 0.307 e. The highest BCUT2D eigenvalue weighted by atomic mass is 19.1. The summed E-state index contributed by atoms with van der Waals surface area (Å²) >= 11 is 0. The summed E-state index contributed by atoms with van der Waals surface area (Å²) in [7, 11) is 1.84. The van der Waals surface area contributed by atoms with Crippen molar-refractivity contribution < 1.29 is 14.3 Å².